The second kappa shape index (κ2) is 5.49. The Morgan fingerprint density at radius 2 is 2.23 bits per heavy atom. The molecule has 0 atom stereocenters. The van der Waals surface area contributed by atoms with Crippen molar-refractivity contribution in [1.82, 2.24) is 20.2 Å². The molecule has 0 unspecified atom stereocenters. The Balaban J connectivity index is 2.05. The summed E-state index contributed by atoms with van der Waals surface area (Å²) in [5.74, 6) is 0.491. The van der Waals surface area contributed by atoms with Gasteiger partial charge in [0.25, 0.3) is 0 Å². The minimum Gasteiger partial charge on any atom is -0.368 e. The fourth-order valence-corrected chi connectivity index (χ4v) is 2.23. The molecule has 0 bridgehead atoms. The van der Waals surface area contributed by atoms with E-state index in [4.69, 9.17) is 17.3 Å². The molecule has 0 fully saturated rings. The molecule has 0 aliphatic carbocycles. The van der Waals surface area contributed by atoms with Crippen molar-refractivity contribution in [2.75, 3.05) is 16.4 Å². The maximum absolute atomic E-state index is 11.3. The van der Waals surface area contributed by atoms with Gasteiger partial charge in [-0.3, -0.25) is 9.89 Å². The zero-order valence-corrected chi connectivity index (χ0v) is 12.3. The molecule has 2 aromatic heterocycles. The van der Waals surface area contributed by atoms with Crippen LogP contribution in [0.1, 0.15) is 6.92 Å². The van der Waals surface area contributed by atoms with Crippen LogP contribution in [0.15, 0.2) is 24.4 Å². The van der Waals surface area contributed by atoms with Crippen molar-refractivity contribution in [2.24, 2.45) is 0 Å². The van der Waals surface area contributed by atoms with Crippen LogP contribution in [0, 0.1) is 0 Å². The van der Waals surface area contributed by atoms with Gasteiger partial charge in [0, 0.05) is 24.2 Å². The number of carbonyl (C=O) groups is 1. The van der Waals surface area contributed by atoms with Gasteiger partial charge in [0.2, 0.25) is 11.9 Å². The summed E-state index contributed by atoms with van der Waals surface area (Å²) in [6.07, 6.45) is 1.54. The normalized spacial score (nSPS) is 10.6. The van der Waals surface area contributed by atoms with E-state index in [9.17, 15) is 4.79 Å². The summed E-state index contributed by atoms with van der Waals surface area (Å²) < 4.78 is 0. The lowest BCUT2D eigenvalue weighted by molar-refractivity contribution is -0.114. The summed E-state index contributed by atoms with van der Waals surface area (Å²) in [5.41, 5.74) is 7.44. The Kier molecular flexibility index (Phi) is 3.51. The van der Waals surface area contributed by atoms with Crippen LogP contribution < -0.4 is 16.4 Å². The largest absolute Gasteiger partial charge is 0.368 e. The summed E-state index contributed by atoms with van der Waals surface area (Å²) in [6.45, 7) is 1.43. The number of nitrogens with one attached hydrogen (secondary N) is 3. The lowest BCUT2D eigenvalue weighted by Crippen LogP contribution is -2.07. The molecule has 1 amide bonds. The standard InChI is InChI=1S/C13H12ClN7O/c1-6(22)17-9-5-7(4-8-11(9)20-21-12(8)14)18-10-2-3-16-13(15)19-10/h2-5H,1H3,(H,17,22)(H,20,21)(H3,15,16,18,19). The number of carbonyl (C=O) groups excluding carboxylic acids is 1. The van der Waals surface area contributed by atoms with E-state index in [1.54, 1.807) is 24.4 Å². The van der Waals surface area contributed by atoms with Crippen LogP contribution in [0.25, 0.3) is 10.9 Å². The number of fused-ring (bicyclic) bond motifs is 1. The molecule has 8 nitrogen and oxygen atoms in total. The van der Waals surface area contributed by atoms with E-state index in [1.807, 2.05) is 0 Å². The lowest BCUT2D eigenvalue weighted by Gasteiger charge is -2.10. The summed E-state index contributed by atoms with van der Waals surface area (Å²) >= 11 is 6.05. The highest BCUT2D eigenvalue weighted by Crippen LogP contribution is 2.31. The molecule has 0 aliphatic rings. The first kappa shape index (κ1) is 14.1. The number of aromatic amines is 1. The Morgan fingerprint density at radius 1 is 1.41 bits per heavy atom. The molecule has 2 heterocycles. The van der Waals surface area contributed by atoms with E-state index in [1.165, 1.54) is 6.92 Å². The highest BCUT2D eigenvalue weighted by Gasteiger charge is 2.11. The minimum absolute atomic E-state index is 0.162. The maximum atomic E-state index is 11.3. The van der Waals surface area contributed by atoms with Gasteiger partial charge in [-0.2, -0.15) is 10.1 Å². The summed E-state index contributed by atoms with van der Waals surface area (Å²) in [4.78, 5) is 19.2. The van der Waals surface area contributed by atoms with Crippen LogP contribution in [0.5, 0.6) is 0 Å². The number of nitrogen functional groups attached to an aromatic ring is 1. The van der Waals surface area contributed by atoms with Crippen LogP contribution in [-0.4, -0.2) is 26.1 Å². The van der Waals surface area contributed by atoms with Crippen molar-refractivity contribution >= 4 is 51.6 Å². The van der Waals surface area contributed by atoms with Crippen molar-refractivity contribution in [2.45, 2.75) is 6.92 Å². The van der Waals surface area contributed by atoms with Crippen molar-refractivity contribution in [3.63, 3.8) is 0 Å². The van der Waals surface area contributed by atoms with Crippen molar-refractivity contribution in [3.8, 4) is 0 Å². The first-order valence-corrected chi connectivity index (χ1v) is 6.71. The molecule has 3 aromatic rings. The predicted octanol–water partition coefficient (Wildman–Crippen LogP) is 2.29. The number of hydrogen-bond donors (Lipinski definition) is 4. The zero-order valence-electron chi connectivity index (χ0n) is 11.5. The fraction of sp³-hybridized carbons (Fsp3) is 0.0769. The molecule has 3 rings (SSSR count). The van der Waals surface area contributed by atoms with Crippen LogP contribution in [0.2, 0.25) is 5.15 Å². The van der Waals surface area contributed by atoms with Gasteiger partial charge in [-0.25, -0.2) is 4.98 Å². The van der Waals surface area contributed by atoms with Gasteiger partial charge in [0.1, 0.15) is 5.82 Å². The molecule has 112 valence electrons. The predicted molar refractivity (Wildman–Crippen MR) is 85.1 cm³/mol. The molecule has 0 saturated carbocycles. The molecule has 0 aliphatic heterocycles. The highest BCUT2D eigenvalue weighted by atomic mass is 35.5. The van der Waals surface area contributed by atoms with E-state index in [0.717, 1.165) is 0 Å². The highest BCUT2D eigenvalue weighted by molar-refractivity contribution is 6.34. The van der Waals surface area contributed by atoms with Crippen molar-refractivity contribution < 1.29 is 4.79 Å². The summed E-state index contributed by atoms with van der Waals surface area (Å²) in [6, 6.07) is 5.22. The number of nitrogens with zero attached hydrogens (tertiary/aromatic N) is 3. The Labute approximate surface area is 130 Å². The van der Waals surface area contributed by atoms with E-state index in [0.29, 0.717) is 33.2 Å². The Hall–Kier alpha value is -2.87. The third-order valence-corrected chi connectivity index (χ3v) is 3.17. The summed E-state index contributed by atoms with van der Waals surface area (Å²) in [5, 5.41) is 13.5. The number of benzene rings is 1. The molecule has 0 radical (unpaired) electrons. The number of H-pyrrole nitrogens is 1. The Bertz CT molecular complexity index is 861. The third-order valence-electron chi connectivity index (χ3n) is 2.88. The van der Waals surface area contributed by atoms with E-state index in [-0.39, 0.29) is 11.9 Å². The second-order valence-corrected chi connectivity index (χ2v) is 4.93. The molecular weight excluding hydrogens is 306 g/mol. The molecule has 5 N–H and O–H groups in total. The van der Waals surface area contributed by atoms with E-state index < -0.39 is 0 Å². The van der Waals surface area contributed by atoms with Crippen molar-refractivity contribution in [1.29, 1.82) is 0 Å². The minimum atomic E-state index is -0.199. The van der Waals surface area contributed by atoms with Gasteiger partial charge in [-0.05, 0) is 18.2 Å². The average Bonchev–Trinajstić information content (AvgIpc) is 2.80. The SMILES string of the molecule is CC(=O)Nc1cc(Nc2ccnc(N)n2)cc2c(Cl)n[nH]c12. The van der Waals surface area contributed by atoms with Crippen LogP contribution in [-0.2, 0) is 4.79 Å². The number of halogens is 1. The zero-order chi connectivity index (χ0) is 15.7. The van der Waals surface area contributed by atoms with Gasteiger partial charge in [0.15, 0.2) is 5.15 Å². The number of aromatic nitrogens is 4. The first-order valence-electron chi connectivity index (χ1n) is 6.33. The first-order chi connectivity index (χ1) is 10.5. The van der Waals surface area contributed by atoms with Gasteiger partial charge in [-0.1, -0.05) is 11.6 Å². The molecule has 0 spiro atoms. The van der Waals surface area contributed by atoms with Gasteiger partial charge in [-0.15, -0.1) is 0 Å². The molecule has 1 aromatic carbocycles. The number of amides is 1. The lowest BCUT2D eigenvalue weighted by atomic mass is 10.2. The number of hydrogen-bond acceptors (Lipinski definition) is 6. The monoisotopic (exact) mass is 317 g/mol. The summed E-state index contributed by atoms with van der Waals surface area (Å²) in [7, 11) is 0. The maximum Gasteiger partial charge on any atom is 0.221 e. The third kappa shape index (κ3) is 2.77. The number of rotatable bonds is 3. The average molecular weight is 318 g/mol. The van der Waals surface area contributed by atoms with E-state index >= 15 is 0 Å². The quantitative estimate of drug-likeness (QED) is 0.588. The molecule has 22 heavy (non-hydrogen) atoms. The Morgan fingerprint density at radius 3 is 2.95 bits per heavy atom. The smallest absolute Gasteiger partial charge is 0.221 e. The topological polar surface area (TPSA) is 122 Å². The van der Waals surface area contributed by atoms with Gasteiger partial charge >= 0.3 is 0 Å². The van der Waals surface area contributed by atoms with Crippen molar-refractivity contribution in [3.05, 3.63) is 29.5 Å². The fourth-order valence-electron chi connectivity index (χ4n) is 2.04. The van der Waals surface area contributed by atoms with E-state index in [2.05, 4.69) is 30.8 Å². The van der Waals surface area contributed by atoms with Crippen LogP contribution >= 0.6 is 11.6 Å². The molecule has 0 saturated heterocycles. The van der Waals surface area contributed by atoms with Crippen LogP contribution in [0.4, 0.5) is 23.1 Å². The number of anilines is 4. The van der Waals surface area contributed by atoms with Gasteiger partial charge in [0.05, 0.1) is 11.2 Å². The van der Waals surface area contributed by atoms with Crippen LogP contribution in [0.3, 0.4) is 0 Å². The molecule has 9 heteroatoms. The second-order valence-electron chi connectivity index (χ2n) is 4.57. The number of nitrogens with two attached hydrogens (primary N) is 1. The molecular formula is C13H12ClN7O. The van der Waals surface area contributed by atoms with Gasteiger partial charge < -0.3 is 16.4 Å².